The Hall–Kier alpha value is -2.92. The third-order valence-electron chi connectivity index (χ3n) is 4.37. The number of nitrogens with zero attached hydrogens (tertiary/aromatic N) is 1. The van der Waals surface area contributed by atoms with Crippen molar-refractivity contribution in [3.8, 4) is 0 Å². The molecule has 1 aliphatic rings. The van der Waals surface area contributed by atoms with E-state index in [0.717, 1.165) is 17.8 Å². The number of amides is 1. The highest BCUT2D eigenvalue weighted by molar-refractivity contribution is 7.14. The summed E-state index contributed by atoms with van der Waals surface area (Å²) in [5.74, 6) is -0.00586. The first kappa shape index (κ1) is 16.5. The minimum absolute atomic E-state index is 0.00586. The van der Waals surface area contributed by atoms with E-state index in [4.69, 9.17) is 0 Å². The van der Waals surface area contributed by atoms with Crippen LogP contribution in [0, 0.1) is 0 Å². The number of dihydropyridines is 1. The van der Waals surface area contributed by atoms with Gasteiger partial charge >= 0.3 is 0 Å². The van der Waals surface area contributed by atoms with Crippen LogP contribution in [0.15, 0.2) is 66.2 Å². The van der Waals surface area contributed by atoms with Crippen molar-refractivity contribution in [1.29, 1.82) is 0 Å². The van der Waals surface area contributed by atoms with E-state index in [-0.39, 0.29) is 5.91 Å². The number of allylic oxidation sites excluding steroid dienone is 2. The smallest absolute Gasteiger partial charge is 0.226 e. The lowest BCUT2D eigenvalue weighted by molar-refractivity contribution is -0.116. The Morgan fingerprint density at radius 1 is 1.19 bits per heavy atom. The van der Waals surface area contributed by atoms with Gasteiger partial charge in [0.05, 0.1) is 5.69 Å². The number of carbonyl (C=O) groups excluding carboxylic acids is 1. The van der Waals surface area contributed by atoms with Gasteiger partial charge in [-0.05, 0) is 35.0 Å². The van der Waals surface area contributed by atoms with Crippen LogP contribution in [0.1, 0.15) is 17.7 Å². The average molecular weight is 361 g/mol. The second kappa shape index (κ2) is 7.54. The van der Waals surface area contributed by atoms with Crippen LogP contribution in [0.3, 0.4) is 0 Å². The van der Waals surface area contributed by atoms with E-state index in [2.05, 4.69) is 46.0 Å². The first-order valence-corrected chi connectivity index (χ1v) is 9.50. The molecule has 0 saturated carbocycles. The molecule has 0 radical (unpaired) electrons. The molecule has 1 aliphatic heterocycles. The zero-order chi connectivity index (χ0) is 17.8. The molecule has 5 heteroatoms. The number of carbonyl (C=O) groups is 1. The number of aryl methyl sites for hydroxylation is 1. The molecule has 3 aromatic rings. The molecule has 130 valence electrons. The summed E-state index contributed by atoms with van der Waals surface area (Å²) in [6.07, 6.45) is 7.14. The lowest BCUT2D eigenvalue weighted by Gasteiger charge is -2.07. The van der Waals surface area contributed by atoms with Crippen LogP contribution in [-0.4, -0.2) is 17.4 Å². The van der Waals surface area contributed by atoms with E-state index in [9.17, 15) is 4.79 Å². The van der Waals surface area contributed by atoms with Crippen molar-refractivity contribution >= 4 is 38.7 Å². The second-order valence-electron chi connectivity index (χ2n) is 6.13. The second-order valence-corrected chi connectivity index (χ2v) is 6.98. The molecule has 4 nitrogen and oxygen atoms in total. The Kier molecular flexibility index (Phi) is 4.80. The molecule has 2 N–H and O–H groups in total. The summed E-state index contributed by atoms with van der Waals surface area (Å²) in [5.41, 5.74) is 3.18. The van der Waals surface area contributed by atoms with E-state index in [1.807, 2.05) is 35.9 Å². The Labute approximate surface area is 156 Å². The fourth-order valence-electron chi connectivity index (χ4n) is 3.05. The molecule has 0 unspecified atom stereocenters. The van der Waals surface area contributed by atoms with E-state index in [0.29, 0.717) is 18.0 Å². The molecule has 0 aliphatic carbocycles. The first-order valence-electron chi connectivity index (χ1n) is 8.62. The van der Waals surface area contributed by atoms with Crippen LogP contribution in [0.25, 0.3) is 16.3 Å². The van der Waals surface area contributed by atoms with Crippen molar-refractivity contribution in [1.82, 2.24) is 10.3 Å². The number of fused-ring (bicyclic) bond motifs is 1. The van der Waals surface area contributed by atoms with Crippen molar-refractivity contribution in [2.24, 2.45) is 0 Å². The molecule has 0 atom stereocenters. The van der Waals surface area contributed by atoms with Gasteiger partial charge in [0.1, 0.15) is 0 Å². The molecule has 0 bridgehead atoms. The molecule has 0 saturated heterocycles. The third kappa shape index (κ3) is 3.68. The summed E-state index contributed by atoms with van der Waals surface area (Å²) >= 11 is 1.46. The summed E-state index contributed by atoms with van der Waals surface area (Å²) in [4.78, 5) is 16.8. The van der Waals surface area contributed by atoms with Crippen molar-refractivity contribution in [3.05, 3.63) is 77.5 Å². The fraction of sp³-hybridized carbons (Fsp3) is 0.143. The van der Waals surface area contributed by atoms with Gasteiger partial charge in [0.15, 0.2) is 5.13 Å². The average Bonchev–Trinajstić information content (AvgIpc) is 3.15. The van der Waals surface area contributed by atoms with Crippen LogP contribution in [0.2, 0.25) is 0 Å². The number of nitrogens with one attached hydrogen (secondary N) is 2. The monoisotopic (exact) mass is 361 g/mol. The molecule has 0 spiro atoms. The topological polar surface area (TPSA) is 54.0 Å². The minimum atomic E-state index is -0.00586. The predicted octanol–water partition coefficient (Wildman–Crippen LogP) is 4.37. The van der Waals surface area contributed by atoms with Gasteiger partial charge < -0.3 is 10.6 Å². The van der Waals surface area contributed by atoms with Crippen LogP contribution >= 0.6 is 11.3 Å². The molecule has 26 heavy (non-hydrogen) atoms. The minimum Gasteiger partial charge on any atom is -0.387 e. The largest absolute Gasteiger partial charge is 0.387 e. The van der Waals surface area contributed by atoms with Crippen molar-refractivity contribution in [3.63, 3.8) is 0 Å². The lowest BCUT2D eigenvalue weighted by atomic mass is 10.0. The zero-order valence-electron chi connectivity index (χ0n) is 14.2. The van der Waals surface area contributed by atoms with Crippen LogP contribution in [0.4, 0.5) is 5.13 Å². The van der Waals surface area contributed by atoms with E-state index >= 15 is 0 Å². The Bertz CT molecular complexity index is 998. The van der Waals surface area contributed by atoms with Crippen molar-refractivity contribution in [2.45, 2.75) is 12.8 Å². The number of aromatic nitrogens is 1. The van der Waals surface area contributed by atoms with Gasteiger partial charge in [-0.15, -0.1) is 11.3 Å². The van der Waals surface area contributed by atoms with Gasteiger partial charge in [-0.1, -0.05) is 48.5 Å². The zero-order valence-corrected chi connectivity index (χ0v) is 15.1. The van der Waals surface area contributed by atoms with Gasteiger partial charge in [-0.2, -0.15) is 0 Å². The normalized spacial score (nSPS) is 13.3. The van der Waals surface area contributed by atoms with Crippen molar-refractivity contribution in [2.75, 3.05) is 11.9 Å². The fourth-order valence-corrected chi connectivity index (χ4v) is 3.78. The Morgan fingerprint density at radius 3 is 2.96 bits per heavy atom. The summed E-state index contributed by atoms with van der Waals surface area (Å²) < 4.78 is 0. The van der Waals surface area contributed by atoms with Crippen LogP contribution in [-0.2, 0) is 11.2 Å². The standard InChI is InChI=1S/C21H19N3OS/c25-20(9-8-16-6-3-5-15-4-1-2-7-18(15)16)24-21-23-19(14-26-21)17-10-12-22-13-11-17/h1-7,10-12,14,22H,8-9,13H2,(H,23,24,25). The Balaban J connectivity index is 1.39. The maximum Gasteiger partial charge on any atom is 0.226 e. The van der Waals surface area contributed by atoms with Gasteiger partial charge in [-0.25, -0.2) is 4.98 Å². The highest BCUT2D eigenvalue weighted by Crippen LogP contribution is 2.24. The van der Waals surface area contributed by atoms with Gasteiger partial charge in [0, 0.05) is 23.9 Å². The number of benzene rings is 2. The summed E-state index contributed by atoms with van der Waals surface area (Å²) in [6.45, 7) is 0.802. The molecule has 2 aromatic carbocycles. The highest BCUT2D eigenvalue weighted by atomic mass is 32.1. The molecule has 1 amide bonds. The van der Waals surface area contributed by atoms with E-state index in [1.54, 1.807) is 0 Å². The molecular formula is C21H19N3OS. The number of rotatable bonds is 5. The van der Waals surface area contributed by atoms with Crippen LogP contribution in [0.5, 0.6) is 0 Å². The van der Waals surface area contributed by atoms with Gasteiger partial charge in [-0.3, -0.25) is 4.79 Å². The quantitative estimate of drug-likeness (QED) is 0.710. The van der Waals surface area contributed by atoms with Gasteiger partial charge in [0.25, 0.3) is 0 Å². The number of thiazole rings is 1. The maximum atomic E-state index is 12.3. The summed E-state index contributed by atoms with van der Waals surface area (Å²) in [6, 6.07) is 14.5. The van der Waals surface area contributed by atoms with Gasteiger partial charge in [0.2, 0.25) is 5.91 Å². The predicted molar refractivity (Wildman–Crippen MR) is 108 cm³/mol. The highest BCUT2D eigenvalue weighted by Gasteiger charge is 2.10. The third-order valence-corrected chi connectivity index (χ3v) is 5.13. The number of hydrogen-bond donors (Lipinski definition) is 2. The molecule has 0 fully saturated rings. The number of hydrogen-bond acceptors (Lipinski definition) is 4. The molecule has 4 rings (SSSR count). The maximum absolute atomic E-state index is 12.3. The lowest BCUT2D eigenvalue weighted by Crippen LogP contribution is -2.12. The van der Waals surface area contributed by atoms with E-state index in [1.165, 1.54) is 27.7 Å². The van der Waals surface area contributed by atoms with Crippen LogP contribution < -0.4 is 10.6 Å². The summed E-state index contributed by atoms with van der Waals surface area (Å²) in [7, 11) is 0. The van der Waals surface area contributed by atoms with E-state index < -0.39 is 0 Å². The Morgan fingerprint density at radius 2 is 2.08 bits per heavy atom. The number of anilines is 1. The first-order chi connectivity index (χ1) is 12.8. The SMILES string of the molecule is O=C(CCc1cccc2ccccc12)Nc1nc(C2=CCNC=C2)cs1. The molecular weight excluding hydrogens is 342 g/mol. The summed E-state index contributed by atoms with van der Waals surface area (Å²) in [5, 5.41) is 11.1. The molecule has 2 heterocycles. The molecule has 1 aromatic heterocycles. The van der Waals surface area contributed by atoms with Crippen molar-refractivity contribution < 1.29 is 4.79 Å².